The Labute approximate surface area is 394 Å². The fourth-order valence-corrected chi connectivity index (χ4v) is 11.4. The highest BCUT2D eigenvalue weighted by Crippen LogP contribution is 2.63. The molecule has 14 rings (SSSR count). The highest BCUT2D eigenvalue weighted by atomic mass is 15.2. The summed E-state index contributed by atoms with van der Waals surface area (Å²) < 4.78 is 2.26. The Morgan fingerprint density at radius 2 is 0.735 bits per heavy atom. The van der Waals surface area contributed by atoms with Gasteiger partial charge in [-0.1, -0.05) is 218 Å². The molecule has 316 valence electrons. The number of fused-ring (bicyclic) bond motifs is 13. The van der Waals surface area contributed by atoms with E-state index in [1.54, 1.807) is 0 Å². The number of nitrogens with zero attached hydrogens (tertiary/aromatic N) is 4. The fourth-order valence-electron chi connectivity index (χ4n) is 11.4. The van der Waals surface area contributed by atoms with Crippen molar-refractivity contribution >= 4 is 21.8 Å². The average Bonchev–Trinajstić information content (AvgIpc) is 4.03. The molecule has 0 radical (unpaired) electrons. The lowest BCUT2D eigenvalue weighted by atomic mass is 9.70. The van der Waals surface area contributed by atoms with Gasteiger partial charge in [-0.3, -0.25) is 4.57 Å². The van der Waals surface area contributed by atoms with E-state index in [-0.39, 0.29) is 0 Å². The highest BCUT2D eigenvalue weighted by Gasteiger charge is 2.51. The van der Waals surface area contributed by atoms with E-state index >= 15 is 0 Å². The summed E-state index contributed by atoms with van der Waals surface area (Å²) in [6.07, 6.45) is 0. The summed E-state index contributed by atoms with van der Waals surface area (Å²) in [4.78, 5) is 16.0. The second kappa shape index (κ2) is 15.0. The molecular weight excluding hydrogens is 825 g/mol. The maximum absolute atomic E-state index is 5.43. The molecule has 12 aromatic rings. The molecule has 68 heavy (non-hydrogen) atoms. The molecule has 4 heteroatoms. The second-order valence-corrected chi connectivity index (χ2v) is 17.9. The topological polar surface area (TPSA) is 43.6 Å². The molecule has 2 aliphatic rings. The van der Waals surface area contributed by atoms with Crippen LogP contribution in [0, 0.1) is 0 Å². The van der Waals surface area contributed by atoms with Gasteiger partial charge in [0.1, 0.15) is 0 Å². The number of hydrogen-bond acceptors (Lipinski definition) is 3. The molecule has 10 aromatic carbocycles. The van der Waals surface area contributed by atoms with Crippen LogP contribution in [0.1, 0.15) is 22.3 Å². The Hall–Kier alpha value is -8.99. The van der Waals surface area contributed by atoms with Crippen LogP contribution in [0.15, 0.2) is 243 Å². The SMILES string of the molecule is c1ccc(-c2cccc(-c3cccc(-c4nc(-c5ccccc5)nc(-n5c6ccccc6c6cccc(-c7ccc8c(c7)-c7ccccc7C87c8ccccc8-c8ccccc87)c65)n4)c3)c2)cc1. The molecule has 0 amide bonds. The van der Waals surface area contributed by atoms with E-state index in [0.29, 0.717) is 17.6 Å². The van der Waals surface area contributed by atoms with Crippen LogP contribution >= 0.6 is 0 Å². The lowest BCUT2D eigenvalue weighted by Gasteiger charge is -2.30. The number of para-hydroxylation sites is 2. The average molecular weight is 865 g/mol. The van der Waals surface area contributed by atoms with Gasteiger partial charge in [-0.05, 0) is 96.6 Å². The summed E-state index contributed by atoms with van der Waals surface area (Å²) in [7, 11) is 0. The summed E-state index contributed by atoms with van der Waals surface area (Å²) in [6.45, 7) is 0. The van der Waals surface area contributed by atoms with Crippen LogP contribution in [0.3, 0.4) is 0 Å². The number of rotatable bonds is 6. The number of hydrogen-bond donors (Lipinski definition) is 0. The van der Waals surface area contributed by atoms with Crippen molar-refractivity contribution in [3.05, 3.63) is 265 Å². The van der Waals surface area contributed by atoms with Gasteiger partial charge < -0.3 is 0 Å². The molecule has 2 heterocycles. The smallest absolute Gasteiger partial charge is 0.238 e. The first kappa shape index (κ1) is 38.3. The minimum absolute atomic E-state index is 0.407. The number of aromatic nitrogens is 4. The summed E-state index contributed by atoms with van der Waals surface area (Å²) in [6, 6.07) is 87.5. The molecule has 4 nitrogen and oxygen atoms in total. The monoisotopic (exact) mass is 864 g/mol. The zero-order valence-electron chi connectivity index (χ0n) is 36.9. The van der Waals surface area contributed by atoms with Gasteiger partial charge in [0.05, 0.1) is 16.4 Å². The summed E-state index contributed by atoms with van der Waals surface area (Å²) in [5.41, 5.74) is 20.8. The summed E-state index contributed by atoms with van der Waals surface area (Å²) in [5, 5.41) is 2.27. The van der Waals surface area contributed by atoms with E-state index in [0.717, 1.165) is 55.2 Å². The Morgan fingerprint density at radius 1 is 0.279 bits per heavy atom. The fraction of sp³-hybridized carbons (Fsp3) is 0.0156. The maximum atomic E-state index is 5.43. The van der Waals surface area contributed by atoms with E-state index in [1.165, 1.54) is 55.6 Å². The van der Waals surface area contributed by atoms with Crippen molar-refractivity contribution in [3.63, 3.8) is 0 Å². The van der Waals surface area contributed by atoms with Crippen LogP contribution in [0.4, 0.5) is 0 Å². The normalized spacial score (nSPS) is 12.8. The molecule has 0 bridgehead atoms. The molecule has 1 spiro atoms. The molecule has 0 saturated carbocycles. The largest absolute Gasteiger partial charge is 0.277 e. The van der Waals surface area contributed by atoms with Gasteiger partial charge in [-0.15, -0.1) is 0 Å². The zero-order valence-corrected chi connectivity index (χ0v) is 36.9. The Bertz CT molecular complexity index is 3930. The summed E-state index contributed by atoms with van der Waals surface area (Å²) in [5.74, 6) is 1.78. The van der Waals surface area contributed by atoms with Gasteiger partial charge in [0.25, 0.3) is 0 Å². The standard InChI is InChI=1S/C64H40N4/c1-3-18-41(19-4-1)43-22-15-23-44(38-43)45-24-16-25-47(39-45)62-65-61(42-20-5-2-6-21-42)66-63(67-62)68-59-35-14-10-29-52(59)53-31-17-30-48(60(53)68)46-36-37-58-54(40-46)51-28-9-13-34-57(51)64(58)55-32-11-7-26-49(55)50-27-8-12-33-56(50)64/h1-40H. The van der Waals surface area contributed by atoms with Crippen LogP contribution in [-0.4, -0.2) is 19.5 Å². The van der Waals surface area contributed by atoms with Crippen molar-refractivity contribution in [1.29, 1.82) is 0 Å². The van der Waals surface area contributed by atoms with Crippen molar-refractivity contribution in [2.75, 3.05) is 0 Å². The molecule has 2 aromatic heterocycles. The predicted molar refractivity (Wildman–Crippen MR) is 278 cm³/mol. The van der Waals surface area contributed by atoms with E-state index in [4.69, 9.17) is 15.0 Å². The molecule has 0 saturated heterocycles. The van der Waals surface area contributed by atoms with Crippen molar-refractivity contribution in [2.24, 2.45) is 0 Å². The molecular formula is C64H40N4. The van der Waals surface area contributed by atoms with Crippen LogP contribution in [-0.2, 0) is 5.41 Å². The lowest BCUT2D eigenvalue weighted by molar-refractivity contribution is 0.794. The van der Waals surface area contributed by atoms with Gasteiger partial charge in [-0.2, -0.15) is 9.97 Å². The van der Waals surface area contributed by atoms with E-state index in [1.807, 2.05) is 18.2 Å². The van der Waals surface area contributed by atoms with Crippen LogP contribution in [0.2, 0.25) is 0 Å². The third-order valence-electron chi connectivity index (χ3n) is 14.3. The van der Waals surface area contributed by atoms with Crippen LogP contribution in [0.25, 0.3) is 106 Å². The maximum Gasteiger partial charge on any atom is 0.238 e. The zero-order chi connectivity index (χ0) is 44.8. The minimum Gasteiger partial charge on any atom is -0.277 e. The molecule has 0 unspecified atom stereocenters. The van der Waals surface area contributed by atoms with Crippen molar-refractivity contribution in [3.8, 4) is 84.4 Å². The molecule has 2 aliphatic carbocycles. The van der Waals surface area contributed by atoms with Gasteiger partial charge in [-0.25, -0.2) is 4.98 Å². The van der Waals surface area contributed by atoms with Gasteiger partial charge in [0.2, 0.25) is 5.95 Å². The van der Waals surface area contributed by atoms with Gasteiger partial charge >= 0.3 is 0 Å². The third kappa shape index (κ3) is 5.64. The van der Waals surface area contributed by atoms with E-state index in [2.05, 4.69) is 229 Å². The van der Waals surface area contributed by atoms with Crippen LogP contribution in [0.5, 0.6) is 0 Å². The predicted octanol–water partition coefficient (Wildman–Crippen LogP) is 15.6. The minimum atomic E-state index is -0.407. The first-order valence-electron chi connectivity index (χ1n) is 23.3. The number of benzene rings is 10. The molecule has 0 N–H and O–H groups in total. The van der Waals surface area contributed by atoms with Crippen molar-refractivity contribution in [2.45, 2.75) is 5.41 Å². The first-order chi connectivity index (χ1) is 33.7. The quantitative estimate of drug-likeness (QED) is 0.167. The Balaban J connectivity index is 0.975. The molecule has 0 aliphatic heterocycles. The van der Waals surface area contributed by atoms with Gasteiger partial charge in [0.15, 0.2) is 11.6 Å². The Morgan fingerprint density at radius 3 is 1.41 bits per heavy atom. The van der Waals surface area contributed by atoms with E-state index < -0.39 is 5.41 Å². The van der Waals surface area contributed by atoms with E-state index in [9.17, 15) is 0 Å². The Kier molecular flexibility index (Phi) is 8.46. The second-order valence-electron chi connectivity index (χ2n) is 17.9. The summed E-state index contributed by atoms with van der Waals surface area (Å²) >= 11 is 0. The van der Waals surface area contributed by atoms with Crippen molar-refractivity contribution < 1.29 is 0 Å². The highest BCUT2D eigenvalue weighted by molar-refractivity contribution is 6.14. The van der Waals surface area contributed by atoms with Crippen molar-refractivity contribution in [1.82, 2.24) is 19.5 Å². The van der Waals surface area contributed by atoms with Crippen LogP contribution < -0.4 is 0 Å². The molecule has 0 fully saturated rings. The van der Waals surface area contributed by atoms with Gasteiger partial charge in [0, 0.05) is 27.5 Å². The third-order valence-corrected chi connectivity index (χ3v) is 14.3. The lowest BCUT2D eigenvalue weighted by Crippen LogP contribution is -2.25. The molecule has 0 atom stereocenters. The first-order valence-corrected chi connectivity index (χ1v) is 23.3.